The molecule has 2 aliphatic rings. The van der Waals surface area contributed by atoms with Gasteiger partial charge in [0, 0.05) is 24.4 Å². The molecule has 4 rings (SSSR count). The number of rotatable bonds is 3. The highest BCUT2D eigenvalue weighted by atomic mass is 32.1. The minimum absolute atomic E-state index is 0.0900. The van der Waals surface area contributed by atoms with Gasteiger partial charge < -0.3 is 15.1 Å². The van der Waals surface area contributed by atoms with Gasteiger partial charge in [-0.1, -0.05) is 19.1 Å². The lowest BCUT2D eigenvalue weighted by Crippen LogP contribution is -2.42. The lowest BCUT2D eigenvalue weighted by atomic mass is 9.98. The lowest BCUT2D eigenvalue weighted by Gasteiger charge is -2.35. The van der Waals surface area contributed by atoms with Gasteiger partial charge in [-0.25, -0.2) is 4.79 Å². The Morgan fingerprint density at radius 2 is 2.08 bits per heavy atom. The van der Waals surface area contributed by atoms with Crippen LogP contribution in [-0.2, 0) is 11.2 Å². The van der Waals surface area contributed by atoms with E-state index in [4.69, 9.17) is 0 Å². The van der Waals surface area contributed by atoms with Gasteiger partial charge in [0.05, 0.1) is 17.4 Å². The zero-order valence-corrected chi connectivity index (χ0v) is 15.7. The highest BCUT2D eigenvalue weighted by Crippen LogP contribution is 2.36. The van der Waals surface area contributed by atoms with Crippen LogP contribution in [0.4, 0.5) is 16.2 Å². The Morgan fingerprint density at radius 3 is 2.85 bits per heavy atom. The number of fused-ring (bicyclic) bond motifs is 1. The molecule has 0 unspecified atom stereocenters. The molecular formula is C20H23N3O2S. The van der Waals surface area contributed by atoms with Crippen molar-refractivity contribution in [3.05, 3.63) is 46.2 Å². The van der Waals surface area contributed by atoms with E-state index < -0.39 is 0 Å². The zero-order valence-electron chi connectivity index (χ0n) is 14.9. The van der Waals surface area contributed by atoms with Crippen LogP contribution in [0.15, 0.2) is 35.7 Å². The van der Waals surface area contributed by atoms with E-state index in [1.54, 1.807) is 16.2 Å². The third kappa shape index (κ3) is 2.98. The van der Waals surface area contributed by atoms with E-state index in [9.17, 15) is 9.59 Å². The molecule has 1 N–H and O–H groups in total. The number of nitrogens with zero attached hydrogens (tertiary/aromatic N) is 2. The smallest absolute Gasteiger partial charge is 0.317 e. The number of carbonyl (C=O) groups excluding carboxylic acids is 2. The summed E-state index contributed by atoms with van der Waals surface area (Å²) in [7, 11) is 0. The van der Waals surface area contributed by atoms with Crippen LogP contribution in [-0.4, -0.2) is 29.9 Å². The molecule has 136 valence electrons. The summed E-state index contributed by atoms with van der Waals surface area (Å²) in [6.45, 7) is 3.56. The zero-order chi connectivity index (χ0) is 18.1. The second kappa shape index (κ2) is 7.11. The van der Waals surface area contributed by atoms with Gasteiger partial charge in [0.1, 0.15) is 0 Å². The van der Waals surface area contributed by atoms with Gasteiger partial charge in [-0.3, -0.25) is 4.79 Å². The van der Waals surface area contributed by atoms with Crippen LogP contribution in [0.5, 0.6) is 0 Å². The van der Waals surface area contributed by atoms with E-state index in [0.717, 1.165) is 31.5 Å². The van der Waals surface area contributed by atoms with Crippen molar-refractivity contribution in [2.75, 3.05) is 23.3 Å². The Bertz CT molecular complexity index is 832. The molecule has 1 saturated heterocycles. The molecule has 26 heavy (non-hydrogen) atoms. The van der Waals surface area contributed by atoms with E-state index in [-0.39, 0.29) is 18.0 Å². The van der Waals surface area contributed by atoms with E-state index in [1.165, 1.54) is 10.4 Å². The molecule has 0 aliphatic carbocycles. The fraction of sp³-hybridized carbons (Fsp3) is 0.400. The third-order valence-electron chi connectivity index (χ3n) is 5.25. The molecule has 0 saturated carbocycles. The van der Waals surface area contributed by atoms with Gasteiger partial charge >= 0.3 is 6.03 Å². The number of anilines is 2. The number of urea groups is 1. The van der Waals surface area contributed by atoms with Crippen molar-refractivity contribution in [2.45, 2.75) is 38.6 Å². The quantitative estimate of drug-likeness (QED) is 0.871. The molecule has 1 aromatic carbocycles. The SMILES string of the molecule is CC[C@H]1c2ccsc2CCN1C(=O)Nc1ccccc1N1CCCC1=O. The first-order valence-corrected chi connectivity index (χ1v) is 10.1. The van der Waals surface area contributed by atoms with Gasteiger partial charge in [-0.15, -0.1) is 11.3 Å². The Labute approximate surface area is 157 Å². The van der Waals surface area contributed by atoms with Gasteiger partial charge in [0.15, 0.2) is 0 Å². The maximum Gasteiger partial charge on any atom is 0.322 e. The second-order valence-corrected chi connectivity index (χ2v) is 7.76. The van der Waals surface area contributed by atoms with Crippen LogP contribution in [0.1, 0.15) is 42.7 Å². The summed E-state index contributed by atoms with van der Waals surface area (Å²) < 4.78 is 0. The monoisotopic (exact) mass is 369 g/mol. The fourth-order valence-electron chi connectivity index (χ4n) is 3.98. The van der Waals surface area contributed by atoms with Gasteiger partial charge in [0.25, 0.3) is 0 Å². The van der Waals surface area contributed by atoms with Crippen molar-refractivity contribution in [3.63, 3.8) is 0 Å². The van der Waals surface area contributed by atoms with Gasteiger partial charge in [-0.2, -0.15) is 0 Å². The standard InChI is InChI=1S/C20H23N3O2S/c1-2-16-14-10-13-26-18(14)9-12-23(16)20(25)21-15-6-3-4-7-17(15)22-11-5-8-19(22)24/h3-4,6-7,10,13,16H,2,5,8-9,11-12H2,1H3,(H,21,25)/t16-/m0/s1. The third-order valence-corrected chi connectivity index (χ3v) is 6.25. The largest absolute Gasteiger partial charge is 0.322 e. The molecule has 6 heteroatoms. The van der Waals surface area contributed by atoms with Crippen molar-refractivity contribution in [3.8, 4) is 0 Å². The number of amides is 3. The first-order chi connectivity index (χ1) is 12.7. The van der Waals surface area contributed by atoms with Gasteiger partial charge in [0.2, 0.25) is 5.91 Å². The maximum atomic E-state index is 13.0. The normalized spacial score (nSPS) is 19.6. The van der Waals surface area contributed by atoms with Crippen LogP contribution in [0.2, 0.25) is 0 Å². The van der Waals surface area contributed by atoms with Crippen molar-refractivity contribution >= 4 is 34.6 Å². The molecule has 0 radical (unpaired) electrons. The van der Waals surface area contributed by atoms with Gasteiger partial charge in [-0.05, 0) is 48.4 Å². The predicted molar refractivity (Wildman–Crippen MR) is 105 cm³/mol. The van der Waals surface area contributed by atoms with E-state index in [0.29, 0.717) is 18.7 Å². The molecule has 3 heterocycles. The summed E-state index contributed by atoms with van der Waals surface area (Å²) in [6, 6.07) is 9.75. The van der Waals surface area contributed by atoms with Crippen LogP contribution >= 0.6 is 11.3 Å². The summed E-state index contributed by atoms with van der Waals surface area (Å²) in [6.07, 6.45) is 3.24. The molecule has 1 aromatic heterocycles. The average Bonchev–Trinajstić information content (AvgIpc) is 3.30. The highest BCUT2D eigenvalue weighted by molar-refractivity contribution is 7.10. The van der Waals surface area contributed by atoms with Crippen LogP contribution < -0.4 is 10.2 Å². The number of nitrogens with one attached hydrogen (secondary N) is 1. The second-order valence-electron chi connectivity index (χ2n) is 6.76. The summed E-state index contributed by atoms with van der Waals surface area (Å²) in [5.74, 6) is 0.124. The minimum atomic E-state index is -0.0900. The fourth-order valence-corrected chi connectivity index (χ4v) is 4.91. The Morgan fingerprint density at radius 1 is 1.23 bits per heavy atom. The predicted octanol–water partition coefficient (Wildman–Crippen LogP) is 4.42. The number of para-hydroxylation sites is 2. The van der Waals surface area contributed by atoms with E-state index >= 15 is 0 Å². The molecule has 3 amide bonds. The van der Waals surface area contributed by atoms with E-state index in [1.807, 2.05) is 29.2 Å². The topological polar surface area (TPSA) is 52.7 Å². The molecular weight excluding hydrogens is 346 g/mol. The van der Waals surface area contributed by atoms with E-state index in [2.05, 4.69) is 23.7 Å². The van der Waals surface area contributed by atoms with Crippen molar-refractivity contribution < 1.29 is 9.59 Å². The summed E-state index contributed by atoms with van der Waals surface area (Å²) in [5, 5.41) is 5.18. The van der Waals surface area contributed by atoms with Crippen LogP contribution in [0.3, 0.4) is 0 Å². The molecule has 5 nitrogen and oxygen atoms in total. The molecule has 1 atom stereocenters. The molecule has 1 fully saturated rings. The first kappa shape index (κ1) is 17.1. The summed E-state index contributed by atoms with van der Waals surface area (Å²) in [5.41, 5.74) is 2.78. The Kier molecular flexibility index (Phi) is 4.68. The van der Waals surface area contributed by atoms with Crippen molar-refractivity contribution in [1.29, 1.82) is 0 Å². The number of thiophene rings is 1. The molecule has 0 bridgehead atoms. The minimum Gasteiger partial charge on any atom is -0.317 e. The maximum absolute atomic E-state index is 13.0. The molecule has 2 aliphatic heterocycles. The average molecular weight is 369 g/mol. The molecule has 0 spiro atoms. The molecule has 2 aromatic rings. The number of carbonyl (C=O) groups is 2. The van der Waals surface area contributed by atoms with Crippen LogP contribution in [0.25, 0.3) is 0 Å². The number of hydrogen-bond acceptors (Lipinski definition) is 3. The Balaban J connectivity index is 1.57. The van der Waals surface area contributed by atoms with Crippen molar-refractivity contribution in [1.82, 2.24) is 4.90 Å². The Hall–Kier alpha value is -2.34. The number of hydrogen-bond donors (Lipinski definition) is 1. The summed E-state index contributed by atoms with van der Waals surface area (Å²) in [4.78, 5) is 30.3. The number of benzene rings is 1. The lowest BCUT2D eigenvalue weighted by molar-refractivity contribution is -0.117. The summed E-state index contributed by atoms with van der Waals surface area (Å²) >= 11 is 1.78. The van der Waals surface area contributed by atoms with Crippen molar-refractivity contribution in [2.24, 2.45) is 0 Å². The highest BCUT2D eigenvalue weighted by Gasteiger charge is 2.31. The first-order valence-electron chi connectivity index (χ1n) is 9.22. The van der Waals surface area contributed by atoms with Crippen LogP contribution in [0, 0.1) is 0 Å².